The van der Waals surface area contributed by atoms with Crippen LogP contribution in [0.15, 0.2) is 24.3 Å². The number of hydrogen-bond donors (Lipinski definition) is 0. The topological polar surface area (TPSA) is 46.4 Å². The van der Waals surface area contributed by atoms with Crippen LogP contribution in [0.5, 0.6) is 5.75 Å². The van der Waals surface area contributed by atoms with Gasteiger partial charge in [-0.1, -0.05) is 0 Å². The second-order valence-electron chi connectivity index (χ2n) is 7.97. The fraction of sp³-hybridized carbons (Fsp3) is 0.619. The molecular weight excluding hydrogens is 338 g/mol. The van der Waals surface area contributed by atoms with Gasteiger partial charge in [0, 0.05) is 12.0 Å². The average molecular weight is 370 g/mol. The SMILES string of the molecule is COc1ccc(-n2nc(C)nc2C2CCN(C3CCN(C)CC3)CC2)cc1. The fourth-order valence-corrected chi connectivity index (χ4v) is 4.49. The molecule has 0 amide bonds. The molecule has 4 rings (SSSR count). The van der Waals surface area contributed by atoms with E-state index in [9.17, 15) is 0 Å². The van der Waals surface area contributed by atoms with Crippen molar-refractivity contribution in [3.8, 4) is 11.4 Å². The molecule has 3 heterocycles. The van der Waals surface area contributed by atoms with Gasteiger partial charge in [0.05, 0.1) is 12.8 Å². The first-order valence-electron chi connectivity index (χ1n) is 10.1. The van der Waals surface area contributed by atoms with Gasteiger partial charge in [0.25, 0.3) is 0 Å². The molecule has 2 saturated heterocycles. The first-order chi connectivity index (χ1) is 13.1. The van der Waals surface area contributed by atoms with Gasteiger partial charge < -0.3 is 14.5 Å². The molecule has 0 unspecified atom stereocenters. The van der Waals surface area contributed by atoms with Gasteiger partial charge in [-0.15, -0.1) is 0 Å². The van der Waals surface area contributed by atoms with Crippen molar-refractivity contribution in [1.82, 2.24) is 24.6 Å². The second kappa shape index (κ2) is 7.98. The van der Waals surface area contributed by atoms with Crippen molar-refractivity contribution in [3.05, 3.63) is 35.9 Å². The van der Waals surface area contributed by atoms with Crippen molar-refractivity contribution >= 4 is 0 Å². The zero-order valence-corrected chi connectivity index (χ0v) is 16.8. The van der Waals surface area contributed by atoms with Crippen LogP contribution in [0.3, 0.4) is 0 Å². The molecule has 0 atom stereocenters. The summed E-state index contributed by atoms with van der Waals surface area (Å²) in [6, 6.07) is 8.86. The molecule has 1 aromatic carbocycles. The summed E-state index contributed by atoms with van der Waals surface area (Å²) in [5, 5.41) is 4.67. The maximum Gasteiger partial charge on any atom is 0.148 e. The van der Waals surface area contributed by atoms with Gasteiger partial charge in [-0.05, 0) is 90.1 Å². The Labute approximate surface area is 162 Å². The molecule has 0 N–H and O–H groups in total. The molecule has 2 fully saturated rings. The Balaban J connectivity index is 1.45. The molecule has 0 aliphatic carbocycles. The molecule has 1 aromatic heterocycles. The number of hydrogen-bond acceptors (Lipinski definition) is 5. The monoisotopic (exact) mass is 369 g/mol. The first kappa shape index (κ1) is 18.4. The van der Waals surface area contributed by atoms with E-state index in [1.807, 2.05) is 23.7 Å². The quantitative estimate of drug-likeness (QED) is 0.829. The van der Waals surface area contributed by atoms with Crippen LogP contribution in [0.4, 0.5) is 0 Å². The lowest BCUT2D eigenvalue weighted by atomic mass is 9.93. The molecular formula is C21H31N5O. The Morgan fingerprint density at radius 1 is 0.963 bits per heavy atom. The van der Waals surface area contributed by atoms with E-state index in [1.54, 1.807) is 7.11 Å². The molecule has 0 bridgehead atoms. The van der Waals surface area contributed by atoms with E-state index >= 15 is 0 Å². The van der Waals surface area contributed by atoms with E-state index in [-0.39, 0.29) is 0 Å². The van der Waals surface area contributed by atoms with E-state index in [4.69, 9.17) is 9.72 Å². The normalized spacial score (nSPS) is 20.9. The number of aromatic nitrogens is 3. The Hall–Kier alpha value is -1.92. The highest BCUT2D eigenvalue weighted by molar-refractivity contribution is 5.37. The van der Waals surface area contributed by atoms with Gasteiger partial charge >= 0.3 is 0 Å². The van der Waals surface area contributed by atoms with Crippen molar-refractivity contribution in [2.45, 2.75) is 44.6 Å². The molecule has 6 heteroatoms. The maximum atomic E-state index is 5.28. The minimum absolute atomic E-state index is 0.482. The summed E-state index contributed by atoms with van der Waals surface area (Å²) in [5.41, 5.74) is 1.06. The third kappa shape index (κ3) is 4.01. The lowest BCUT2D eigenvalue weighted by molar-refractivity contribution is 0.0954. The van der Waals surface area contributed by atoms with Crippen LogP contribution >= 0.6 is 0 Å². The van der Waals surface area contributed by atoms with Gasteiger partial charge in [-0.25, -0.2) is 9.67 Å². The summed E-state index contributed by atoms with van der Waals surface area (Å²) in [4.78, 5) is 9.96. The lowest BCUT2D eigenvalue weighted by Crippen LogP contribution is -2.46. The zero-order chi connectivity index (χ0) is 18.8. The van der Waals surface area contributed by atoms with Crippen LogP contribution in [0, 0.1) is 6.92 Å². The van der Waals surface area contributed by atoms with Crippen LogP contribution in [-0.4, -0.2) is 70.9 Å². The Bertz CT molecular complexity index is 740. The van der Waals surface area contributed by atoms with E-state index < -0.39 is 0 Å². The summed E-state index contributed by atoms with van der Waals surface area (Å²) in [5.74, 6) is 3.30. The standard InChI is InChI=1S/C21H31N5O/c1-16-22-21(26(23-16)19-4-6-20(27-3)7-5-19)17-8-14-25(15-9-17)18-10-12-24(2)13-11-18/h4-7,17-18H,8-15H2,1-3H3. The summed E-state index contributed by atoms with van der Waals surface area (Å²) in [6.45, 7) is 6.80. The van der Waals surface area contributed by atoms with Crippen LogP contribution in [0.25, 0.3) is 5.69 Å². The average Bonchev–Trinajstić information content (AvgIpc) is 3.10. The molecule has 2 aromatic rings. The zero-order valence-electron chi connectivity index (χ0n) is 16.8. The number of methoxy groups -OCH3 is 1. The molecule has 0 spiro atoms. The van der Waals surface area contributed by atoms with E-state index in [0.717, 1.165) is 29.1 Å². The summed E-state index contributed by atoms with van der Waals surface area (Å²) >= 11 is 0. The van der Waals surface area contributed by atoms with Gasteiger partial charge in [-0.3, -0.25) is 0 Å². The summed E-state index contributed by atoms with van der Waals surface area (Å²) in [6.07, 6.45) is 4.95. The molecule has 146 valence electrons. The van der Waals surface area contributed by atoms with E-state index in [2.05, 4.69) is 34.1 Å². The number of ether oxygens (including phenoxy) is 1. The number of likely N-dealkylation sites (tertiary alicyclic amines) is 2. The predicted molar refractivity (Wildman–Crippen MR) is 107 cm³/mol. The van der Waals surface area contributed by atoms with Crippen molar-refractivity contribution in [2.75, 3.05) is 40.3 Å². The Morgan fingerprint density at radius 3 is 2.26 bits per heavy atom. The van der Waals surface area contributed by atoms with Crippen molar-refractivity contribution < 1.29 is 4.74 Å². The van der Waals surface area contributed by atoms with Gasteiger partial charge in [0.2, 0.25) is 0 Å². The molecule has 0 saturated carbocycles. The summed E-state index contributed by atoms with van der Waals surface area (Å²) in [7, 11) is 3.93. The largest absolute Gasteiger partial charge is 0.497 e. The smallest absolute Gasteiger partial charge is 0.148 e. The third-order valence-electron chi connectivity index (χ3n) is 6.15. The summed E-state index contributed by atoms with van der Waals surface area (Å²) < 4.78 is 7.31. The minimum Gasteiger partial charge on any atom is -0.497 e. The number of rotatable bonds is 4. The number of piperidine rings is 2. The van der Waals surface area contributed by atoms with Crippen molar-refractivity contribution in [1.29, 1.82) is 0 Å². The van der Waals surface area contributed by atoms with Crippen molar-refractivity contribution in [3.63, 3.8) is 0 Å². The molecule has 27 heavy (non-hydrogen) atoms. The number of nitrogens with zero attached hydrogens (tertiary/aromatic N) is 5. The first-order valence-corrected chi connectivity index (χ1v) is 10.1. The Kier molecular flexibility index (Phi) is 5.45. The molecule has 2 aliphatic rings. The number of aryl methyl sites for hydroxylation is 1. The molecule has 6 nitrogen and oxygen atoms in total. The Morgan fingerprint density at radius 2 is 1.63 bits per heavy atom. The van der Waals surface area contributed by atoms with Crippen molar-refractivity contribution in [2.24, 2.45) is 0 Å². The maximum absolute atomic E-state index is 5.28. The van der Waals surface area contributed by atoms with E-state index in [0.29, 0.717) is 5.92 Å². The van der Waals surface area contributed by atoms with Gasteiger partial charge in [-0.2, -0.15) is 5.10 Å². The van der Waals surface area contributed by atoms with Gasteiger partial charge in [0.1, 0.15) is 17.4 Å². The lowest BCUT2D eigenvalue weighted by Gasteiger charge is -2.40. The molecule has 2 aliphatic heterocycles. The minimum atomic E-state index is 0.482. The highest BCUT2D eigenvalue weighted by atomic mass is 16.5. The van der Waals surface area contributed by atoms with E-state index in [1.165, 1.54) is 51.9 Å². The van der Waals surface area contributed by atoms with Crippen LogP contribution in [0.1, 0.15) is 43.3 Å². The van der Waals surface area contributed by atoms with Crippen LogP contribution < -0.4 is 4.74 Å². The second-order valence-corrected chi connectivity index (χ2v) is 7.97. The highest BCUT2D eigenvalue weighted by Gasteiger charge is 2.30. The number of benzene rings is 1. The highest BCUT2D eigenvalue weighted by Crippen LogP contribution is 2.31. The third-order valence-corrected chi connectivity index (χ3v) is 6.15. The molecule has 0 radical (unpaired) electrons. The predicted octanol–water partition coefficient (Wildman–Crippen LogP) is 2.86. The fourth-order valence-electron chi connectivity index (χ4n) is 4.49. The van der Waals surface area contributed by atoms with Crippen LogP contribution in [-0.2, 0) is 0 Å². The van der Waals surface area contributed by atoms with Gasteiger partial charge in [0.15, 0.2) is 0 Å². The van der Waals surface area contributed by atoms with Crippen LogP contribution in [0.2, 0.25) is 0 Å².